The van der Waals surface area contributed by atoms with Crippen LogP contribution >= 0.6 is 0 Å². The summed E-state index contributed by atoms with van der Waals surface area (Å²) in [7, 11) is -15.0. The van der Waals surface area contributed by atoms with Crippen LogP contribution in [-0.2, 0) is 36.8 Å². The molecule has 4 aromatic carbocycles. The SMILES string of the molecule is C=CCc1c(S(=O)(=O)O)c2ccc3c(O)cc(S(=O)(=O)O)c4ccc(c1S(=O)(=O)O)c2c34. The van der Waals surface area contributed by atoms with Crippen LogP contribution in [-0.4, -0.2) is 44.0 Å². The van der Waals surface area contributed by atoms with Crippen molar-refractivity contribution in [1.29, 1.82) is 0 Å². The topological polar surface area (TPSA) is 183 Å². The fraction of sp³-hybridized carbons (Fsp3) is 0.0526. The molecule has 0 radical (unpaired) electrons. The molecule has 0 amide bonds. The highest BCUT2D eigenvalue weighted by atomic mass is 32.2. The van der Waals surface area contributed by atoms with E-state index >= 15 is 0 Å². The molecular weight excluding hydrogens is 484 g/mol. The lowest BCUT2D eigenvalue weighted by molar-refractivity contribution is 0.471. The number of benzene rings is 4. The number of rotatable bonds is 5. The van der Waals surface area contributed by atoms with Gasteiger partial charge in [0, 0.05) is 38.4 Å². The molecule has 0 fully saturated rings. The smallest absolute Gasteiger partial charge is 0.295 e. The number of allylic oxidation sites excluding steroid dienone is 1. The summed E-state index contributed by atoms with van der Waals surface area (Å²) in [5, 5.41) is 9.62. The lowest BCUT2D eigenvalue weighted by atomic mass is 9.91. The molecule has 0 aliphatic rings. The average Bonchev–Trinajstić information content (AvgIpc) is 2.63. The summed E-state index contributed by atoms with van der Waals surface area (Å²) in [5.41, 5.74) is -0.435. The van der Waals surface area contributed by atoms with Gasteiger partial charge in [0.05, 0.1) is 0 Å². The van der Waals surface area contributed by atoms with Crippen molar-refractivity contribution in [3.8, 4) is 5.75 Å². The van der Waals surface area contributed by atoms with E-state index in [2.05, 4.69) is 6.58 Å². The van der Waals surface area contributed by atoms with Gasteiger partial charge < -0.3 is 5.11 Å². The molecule has 4 rings (SSSR count). The van der Waals surface area contributed by atoms with Crippen molar-refractivity contribution in [3.63, 3.8) is 0 Å². The first-order valence-electron chi connectivity index (χ1n) is 8.70. The molecule has 0 aromatic heterocycles. The van der Waals surface area contributed by atoms with Gasteiger partial charge in [0.25, 0.3) is 30.4 Å². The van der Waals surface area contributed by atoms with Crippen molar-refractivity contribution >= 4 is 62.7 Å². The Balaban J connectivity index is 2.51. The van der Waals surface area contributed by atoms with E-state index in [1.54, 1.807) is 0 Å². The largest absolute Gasteiger partial charge is 0.507 e. The highest BCUT2D eigenvalue weighted by molar-refractivity contribution is 7.87. The number of aromatic hydroxyl groups is 1. The van der Waals surface area contributed by atoms with E-state index in [-0.39, 0.29) is 38.7 Å². The van der Waals surface area contributed by atoms with Crippen LogP contribution in [0.25, 0.3) is 32.3 Å². The lowest BCUT2D eigenvalue weighted by Gasteiger charge is -2.20. The summed E-state index contributed by atoms with van der Waals surface area (Å²) in [4.78, 5) is -2.33. The van der Waals surface area contributed by atoms with E-state index in [4.69, 9.17) is 0 Å². The Kier molecular flexibility index (Phi) is 4.79. The Morgan fingerprint density at radius 2 is 1.16 bits per heavy atom. The molecule has 10 nitrogen and oxygen atoms in total. The molecule has 32 heavy (non-hydrogen) atoms. The van der Waals surface area contributed by atoms with Gasteiger partial charge in [-0.3, -0.25) is 13.7 Å². The van der Waals surface area contributed by atoms with E-state index in [0.29, 0.717) is 0 Å². The summed E-state index contributed by atoms with van der Waals surface area (Å²) in [6.45, 7) is 3.45. The Morgan fingerprint density at radius 1 is 0.719 bits per heavy atom. The van der Waals surface area contributed by atoms with Crippen LogP contribution in [0.4, 0.5) is 0 Å². The van der Waals surface area contributed by atoms with Crippen LogP contribution in [0.15, 0.2) is 57.7 Å². The van der Waals surface area contributed by atoms with E-state index < -0.39 is 56.4 Å². The molecule has 4 N–H and O–H groups in total. The van der Waals surface area contributed by atoms with Gasteiger partial charge in [-0.2, -0.15) is 25.3 Å². The Bertz CT molecular complexity index is 1730. The molecule has 13 heteroatoms. The van der Waals surface area contributed by atoms with Crippen molar-refractivity contribution < 1.29 is 44.0 Å². The van der Waals surface area contributed by atoms with E-state index in [9.17, 15) is 44.0 Å². The second-order valence-corrected chi connectivity index (χ2v) is 11.1. The van der Waals surface area contributed by atoms with Gasteiger partial charge in [0.15, 0.2) is 0 Å². The second kappa shape index (κ2) is 6.84. The van der Waals surface area contributed by atoms with Gasteiger partial charge in [-0.1, -0.05) is 24.3 Å². The van der Waals surface area contributed by atoms with Crippen LogP contribution in [0, 0.1) is 0 Å². The summed E-state index contributed by atoms with van der Waals surface area (Å²) in [6.07, 6.45) is 0.820. The third kappa shape index (κ3) is 3.21. The standard InChI is InChI=1S/C19H14O10S3/c1-2-3-13-18(31(24,25)26)11-6-4-9-14(20)8-15(30(21,22)23)10-5-7-12(17(11)16(9)10)19(13)32(27,28)29/h2,4-8,20H,1,3H2,(H,21,22,23)(H,24,25,26)(H,27,28,29). The maximum Gasteiger partial charge on any atom is 0.295 e. The zero-order chi connectivity index (χ0) is 23.8. The minimum Gasteiger partial charge on any atom is -0.507 e. The fourth-order valence-corrected chi connectivity index (χ4v) is 6.80. The predicted octanol–water partition coefficient (Wildman–Crippen LogP) is 2.76. The summed E-state index contributed by atoms with van der Waals surface area (Å²) in [5.74, 6) is -0.587. The zero-order valence-electron chi connectivity index (χ0n) is 15.8. The van der Waals surface area contributed by atoms with Crippen LogP contribution in [0.3, 0.4) is 0 Å². The third-order valence-electron chi connectivity index (χ3n) is 5.15. The fourth-order valence-electron chi connectivity index (χ4n) is 4.13. The summed E-state index contributed by atoms with van der Waals surface area (Å²) < 4.78 is 102. The molecular formula is C19H14O10S3. The first kappa shape index (κ1) is 22.4. The minimum absolute atomic E-state index is 0.0181. The molecule has 0 saturated heterocycles. The van der Waals surface area contributed by atoms with Crippen LogP contribution in [0.1, 0.15) is 5.56 Å². The number of phenolic OH excluding ortho intramolecular Hbond substituents is 1. The third-order valence-corrected chi connectivity index (χ3v) is 8.01. The van der Waals surface area contributed by atoms with Crippen LogP contribution in [0.2, 0.25) is 0 Å². The van der Waals surface area contributed by atoms with E-state index in [0.717, 1.165) is 18.2 Å². The van der Waals surface area contributed by atoms with Crippen molar-refractivity contribution in [1.82, 2.24) is 0 Å². The minimum atomic E-state index is -5.07. The molecule has 4 aromatic rings. The highest BCUT2D eigenvalue weighted by Crippen LogP contribution is 2.46. The first-order chi connectivity index (χ1) is 14.7. The van der Waals surface area contributed by atoms with Gasteiger partial charge in [0.1, 0.15) is 20.4 Å². The molecule has 0 aliphatic carbocycles. The molecule has 0 aliphatic heterocycles. The lowest BCUT2D eigenvalue weighted by Crippen LogP contribution is -2.12. The first-order valence-corrected chi connectivity index (χ1v) is 13.0. The molecule has 0 atom stereocenters. The highest BCUT2D eigenvalue weighted by Gasteiger charge is 2.32. The van der Waals surface area contributed by atoms with Crippen LogP contribution in [0.5, 0.6) is 5.75 Å². The normalized spacial score (nSPS) is 13.3. The predicted molar refractivity (Wildman–Crippen MR) is 115 cm³/mol. The van der Waals surface area contributed by atoms with Crippen molar-refractivity contribution in [2.75, 3.05) is 0 Å². The average molecular weight is 499 g/mol. The van der Waals surface area contributed by atoms with Gasteiger partial charge in [-0.25, -0.2) is 0 Å². The number of hydrogen-bond acceptors (Lipinski definition) is 7. The molecule has 168 valence electrons. The maximum atomic E-state index is 12.3. The van der Waals surface area contributed by atoms with E-state index in [1.165, 1.54) is 18.2 Å². The van der Waals surface area contributed by atoms with Crippen molar-refractivity contribution in [3.05, 3.63) is 48.6 Å². The monoisotopic (exact) mass is 498 g/mol. The molecule has 0 unspecified atom stereocenters. The van der Waals surface area contributed by atoms with Crippen LogP contribution < -0.4 is 0 Å². The van der Waals surface area contributed by atoms with Gasteiger partial charge >= 0.3 is 0 Å². The second-order valence-electron chi connectivity index (χ2n) is 7.02. The number of phenols is 1. The number of hydrogen-bond donors (Lipinski definition) is 4. The molecule has 0 spiro atoms. The van der Waals surface area contributed by atoms with Gasteiger partial charge in [0.2, 0.25) is 0 Å². The summed E-state index contributed by atoms with van der Waals surface area (Å²) in [6, 6.07) is 5.56. The molecule has 0 saturated carbocycles. The summed E-state index contributed by atoms with van der Waals surface area (Å²) >= 11 is 0. The van der Waals surface area contributed by atoms with Gasteiger partial charge in [-0.15, -0.1) is 6.58 Å². The Hall–Kier alpha value is -2.81. The zero-order valence-corrected chi connectivity index (χ0v) is 18.3. The Morgan fingerprint density at radius 3 is 1.59 bits per heavy atom. The molecule has 0 bridgehead atoms. The maximum absolute atomic E-state index is 12.3. The Labute approximate surface area is 182 Å². The van der Waals surface area contributed by atoms with Crippen molar-refractivity contribution in [2.24, 2.45) is 0 Å². The van der Waals surface area contributed by atoms with Crippen molar-refractivity contribution in [2.45, 2.75) is 21.1 Å². The quantitative estimate of drug-likeness (QED) is 0.181. The molecule has 0 heterocycles. The van der Waals surface area contributed by atoms with Gasteiger partial charge in [-0.05, 0) is 18.1 Å². The van der Waals surface area contributed by atoms with E-state index in [1.807, 2.05) is 0 Å².